The van der Waals surface area contributed by atoms with Crippen molar-refractivity contribution in [1.29, 1.82) is 0 Å². The summed E-state index contributed by atoms with van der Waals surface area (Å²) >= 11 is 0. The van der Waals surface area contributed by atoms with E-state index in [-0.39, 0.29) is 0 Å². The molecule has 0 spiro atoms. The predicted octanol–water partition coefficient (Wildman–Crippen LogP) is 3.57. The molecule has 1 aliphatic rings. The van der Waals surface area contributed by atoms with Crippen molar-refractivity contribution in [2.45, 2.75) is 0 Å². The lowest BCUT2D eigenvalue weighted by molar-refractivity contribution is 0.431. The molecule has 0 aliphatic carbocycles. The van der Waals surface area contributed by atoms with Gasteiger partial charge in [-0.25, -0.2) is 0 Å². The van der Waals surface area contributed by atoms with Gasteiger partial charge in [0.25, 0.3) is 0 Å². The highest BCUT2D eigenvalue weighted by Crippen LogP contribution is 2.68. The summed E-state index contributed by atoms with van der Waals surface area (Å²) in [7, 11) is -2.44. The Morgan fingerprint density at radius 2 is 1.43 bits per heavy atom. The molecule has 2 atom stereocenters. The maximum absolute atomic E-state index is 5.64. The highest BCUT2D eigenvalue weighted by atomic mass is 31.3. The van der Waals surface area contributed by atoms with Crippen LogP contribution in [0.2, 0.25) is 0 Å². The maximum Gasteiger partial charge on any atom is 0.216 e. The second kappa shape index (κ2) is 4.94. The monoisotopic (exact) mass is 248 g/mol. The minimum Gasteiger partial charge on any atom is -0.283 e. The first-order chi connectivity index (χ1) is 6.75. The average Bonchev–Trinajstić information content (AvgIpc) is 2.18. The summed E-state index contributed by atoms with van der Waals surface area (Å²) in [4.78, 5) is 0. The van der Waals surface area contributed by atoms with E-state index in [0.29, 0.717) is 0 Å². The Balaban J connectivity index is 2.11. The van der Waals surface area contributed by atoms with Crippen molar-refractivity contribution in [3.8, 4) is 0 Å². The first-order valence-electron chi connectivity index (χ1n) is 4.12. The third-order valence-corrected chi connectivity index (χ3v) is 7.16. The summed E-state index contributed by atoms with van der Waals surface area (Å²) in [6.07, 6.45) is 0. The van der Waals surface area contributed by atoms with Crippen molar-refractivity contribution in [1.82, 2.24) is 0 Å². The topological polar surface area (TPSA) is 27.7 Å². The van der Waals surface area contributed by atoms with Crippen molar-refractivity contribution in [2.24, 2.45) is 0 Å². The van der Waals surface area contributed by atoms with Gasteiger partial charge in [0, 0.05) is 18.6 Å². The van der Waals surface area contributed by atoms with Crippen LogP contribution in [0, 0.1) is 0 Å². The Morgan fingerprint density at radius 1 is 0.857 bits per heavy atom. The predicted molar refractivity (Wildman–Crippen MR) is 61.9 cm³/mol. The van der Waals surface area contributed by atoms with Crippen molar-refractivity contribution < 1.29 is 12.9 Å². The smallest absolute Gasteiger partial charge is 0.216 e. The van der Waals surface area contributed by atoms with Crippen molar-refractivity contribution in [3.63, 3.8) is 0 Å². The Bertz CT molecular complexity index is 285. The van der Waals surface area contributed by atoms with Crippen LogP contribution in [-0.2, 0) is 12.9 Å². The molecule has 2 unspecified atom stereocenters. The van der Waals surface area contributed by atoms with Gasteiger partial charge in [-0.1, -0.05) is 18.2 Å². The largest absolute Gasteiger partial charge is 0.283 e. The van der Waals surface area contributed by atoms with Gasteiger partial charge in [-0.05, 0) is 12.1 Å². The molecule has 0 saturated carbocycles. The van der Waals surface area contributed by atoms with Crippen LogP contribution in [0.1, 0.15) is 0 Å². The van der Waals surface area contributed by atoms with Crippen molar-refractivity contribution >= 4 is 30.4 Å². The van der Waals surface area contributed by atoms with E-state index in [1.165, 1.54) is 0 Å². The molecule has 1 heterocycles. The summed E-state index contributed by atoms with van der Waals surface area (Å²) in [5.41, 5.74) is 0. The summed E-state index contributed by atoms with van der Waals surface area (Å²) in [6, 6.07) is 10.0. The quantitative estimate of drug-likeness (QED) is 0.711. The molecule has 0 N–H and O–H groups in total. The van der Waals surface area contributed by atoms with Crippen LogP contribution >= 0.6 is 25.1 Å². The van der Waals surface area contributed by atoms with Gasteiger partial charge < -0.3 is 0 Å². The lowest BCUT2D eigenvalue weighted by Crippen LogP contribution is -2.05. The Labute approximate surface area is 87.5 Å². The SMILES string of the molecule is CP1OP(C)OP(c2ccccc2)O1. The fourth-order valence-electron chi connectivity index (χ4n) is 1.06. The maximum atomic E-state index is 5.64. The number of rotatable bonds is 1. The zero-order chi connectivity index (χ0) is 9.97. The molecule has 0 radical (unpaired) electrons. The van der Waals surface area contributed by atoms with E-state index >= 15 is 0 Å². The average molecular weight is 248 g/mol. The third kappa shape index (κ3) is 2.70. The van der Waals surface area contributed by atoms with E-state index in [9.17, 15) is 0 Å². The van der Waals surface area contributed by atoms with E-state index in [1.807, 2.05) is 43.7 Å². The molecule has 0 aromatic heterocycles. The zero-order valence-electron chi connectivity index (χ0n) is 7.95. The molecule has 14 heavy (non-hydrogen) atoms. The van der Waals surface area contributed by atoms with Gasteiger partial charge in [0.05, 0.1) is 0 Å². The highest BCUT2D eigenvalue weighted by Gasteiger charge is 2.28. The molecule has 1 aliphatic heterocycles. The van der Waals surface area contributed by atoms with Gasteiger partial charge in [-0.2, -0.15) is 0 Å². The van der Waals surface area contributed by atoms with Crippen molar-refractivity contribution in [3.05, 3.63) is 30.3 Å². The summed E-state index contributed by atoms with van der Waals surface area (Å²) in [5.74, 6) is 0. The first-order valence-corrected chi connectivity index (χ1v) is 8.55. The Morgan fingerprint density at radius 3 is 2.00 bits per heavy atom. The second-order valence-corrected chi connectivity index (χ2v) is 7.47. The number of hydrogen-bond acceptors (Lipinski definition) is 3. The summed E-state index contributed by atoms with van der Waals surface area (Å²) in [5, 5.41) is 1.12. The summed E-state index contributed by atoms with van der Waals surface area (Å²) < 4.78 is 16.7. The molecule has 0 bridgehead atoms. The molecule has 2 rings (SSSR count). The van der Waals surface area contributed by atoms with Crippen LogP contribution in [0.3, 0.4) is 0 Å². The minimum absolute atomic E-state index is 0.761. The lowest BCUT2D eigenvalue weighted by atomic mass is 10.4. The molecule has 6 heteroatoms. The second-order valence-electron chi connectivity index (χ2n) is 2.72. The minimum atomic E-state index is -0.913. The third-order valence-electron chi connectivity index (χ3n) is 1.58. The molecular weight excluding hydrogens is 237 g/mol. The Kier molecular flexibility index (Phi) is 3.85. The van der Waals surface area contributed by atoms with Gasteiger partial charge in [0.2, 0.25) is 8.38 Å². The molecule has 1 fully saturated rings. The standard InChI is InChI=1S/C8H11O3P3/c1-12-9-13(2)11-14(10-12)8-6-4-3-5-7-8/h3-7H,1-2H3. The molecule has 76 valence electrons. The lowest BCUT2D eigenvalue weighted by Gasteiger charge is -2.29. The van der Waals surface area contributed by atoms with Crippen molar-refractivity contribution in [2.75, 3.05) is 13.3 Å². The van der Waals surface area contributed by atoms with Crippen LogP contribution in [0.4, 0.5) is 0 Å². The van der Waals surface area contributed by atoms with E-state index in [1.54, 1.807) is 0 Å². The van der Waals surface area contributed by atoms with Crippen LogP contribution in [-0.4, -0.2) is 13.3 Å². The normalized spacial score (nSPS) is 32.9. The number of benzene rings is 1. The van der Waals surface area contributed by atoms with Gasteiger partial charge in [0.15, 0.2) is 16.8 Å². The van der Waals surface area contributed by atoms with E-state index in [4.69, 9.17) is 12.9 Å². The molecule has 1 aromatic carbocycles. The molecule has 1 aromatic rings. The molecule has 1 saturated heterocycles. The molecule has 0 amide bonds. The van der Waals surface area contributed by atoms with Crippen LogP contribution in [0.15, 0.2) is 30.3 Å². The highest BCUT2D eigenvalue weighted by molar-refractivity contribution is 7.76. The van der Waals surface area contributed by atoms with Crippen LogP contribution in [0.5, 0.6) is 0 Å². The fourth-order valence-corrected chi connectivity index (χ4v) is 6.36. The fraction of sp³-hybridized carbons (Fsp3) is 0.250. The van der Waals surface area contributed by atoms with E-state index in [0.717, 1.165) is 5.30 Å². The van der Waals surface area contributed by atoms with Crippen LogP contribution < -0.4 is 5.30 Å². The van der Waals surface area contributed by atoms with Gasteiger partial charge in [-0.3, -0.25) is 12.9 Å². The Hall–Kier alpha value is 0.390. The van der Waals surface area contributed by atoms with Gasteiger partial charge in [0.1, 0.15) is 0 Å². The van der Waals surface area contributed by atoms with E-state index < -0.39 is 25.1 Å². The molecular formula is C8H11O3P3. The van der Waals surface area contributed by atoms with Gasteiger partial charge >= 0.3 is 0 Å². The van der Waals surface area contributed by atoms with Crippen LogP contribution in [0.25, 0.3) is 0 Å². The molecule has 3 nitrogen and oxygen atoms in total. The zero-order valence-corrected chi connectivity index (χ0v) is 10.6. The first kappa shape index (κ1) is 10.9. The number of hydrogen-bond donors (Lipinski definition) is 0. The van der Waals surface area contributed by atoms with Gasteiger partial charge in [-0.15, -0.1) is 0 Å². The summed E-state index contributed by atoms with van der Waals surface area (Å²) in [6.45, 7) is 3.93. The van der Waals surface area contributed by atoms with E-state index in [2.05, 4.69) is 0 Å².